The van der Waals surface area contributed by atoms with Crippen LogP contribution in [0.3, 0.4) is 0 Å². The molecular formula is C19H25N3O3S. The number of aromatic nitrogens is 1. The number of aryl methyl sites for hydroxylation is 1. The van der Waals surface area contributed by atoms with Gasteiger partial charge in [0.15, 0.2) is 0 Å². The molecule has 0 aromatic carbocycles. The van der Waals surface area contributed by atoms with Crippen molar-refractivity contribution in [1.29, 1.82) is 0 Å². The zero-order chi connectivity index (χ0) is 19.0. The van der Waals surface area contributed by atoms with E-state index >= 15 is 0 Å². The lowest BCUT2D eigenvalue weighted by atomic mass is 10.2. The third-order valence-electron chi connectivity index (χ3n) is 4.95. The van der Waals surface area contributed by atoms with Gasteiger partial charge in [0.1, 0.15) is 6.54 Å². The average molecular weight is 375 g/mol. The first kappa shape index (κ1) is 18.8. The number of nitrogens with zero attached hydrogens (tertiary/aromatic N) is 3. The second-order valence-corrected chi connectivity index (χ2v) is 8.14. The van der Waals surface area contributed by atoms with Crippen molar-refractivity contribution >= 4 is 34.9 Å². The highest BCUT2D eigenvalue weighted by atomic mass is 32.2. The Bertz CT molecular complexity index is 788. The van der Waals surface area contributed by atoms with Crippen LogP contribution in [0.15, 0.2) is 11.0 Å². The van der Waals surface area contributed by atoms with Crippen LogP contribution in [0, 0.1) is 13.8 Å². The third-order valence-corrected chi connectivity index (χ3v) is 5.86. The van der Waals surface area contributed by atoms with Crippen molar-refractivity contribution in [1.82, 2.24) is 14.4 Å². The van der Waals surface area contributed by atoms with Crippen LogP contribution in [0.1, 0.15) is 49.7 Å². The molecule has 3 rings (SSSR count). The zero-order valence-corrected chi connectivity index (χ0v) is 16.6. The van der Waals surface area contributed by atoms with Crippen molar-refractivity contribution in [3.63, 3.8) is 0 Å². The number of likely N-dealkylation sites (tertiary alicyclic amines) is 1. The van der Waals surface area contributed by atoms with Crippen LogP contribution in [-0.4, -0.2) is 51.1 Å². The molecule has 1 aromatic heterocycles. The number of amides is 3. The number of hydrogen-bond donors (Lipinski definition) is 0. The minimum atomic E-state index is -0.373. The molecule has 0 unspecified atom stereocenters. The van der Waals surface area contributed by atoms with Gasteiger partial charge < -0.3 is 9.47 Å². The highest BCUT2D eigenvalue weighted by molar-refractivity contribution is 8.18. The molecule has 1 aromatic rings. The van der Waals surface area contributed by atoms with E-state index in [9.17, 15) is 14.4 Å². The van der Waals surface area contributed by atoms with Gasteiger partial charge in [-0.25, -0.2) is 0 Å². The van der Waals surface area contributed by atoms with Gasteiger partial charge in [0, 0.05) is 30.5 Å². The molecule has 3 heterocycles. The molecule has 0 N–H and O–H groups in total. The molecule has 2 saturated heterocycles. The maximum absolute atomic E-state index is 12.6. The van der Waals surface area contributed by atoms with E-state index in [1.165, 1.54) is 0 Å². The standard InChI is InChI=1S/C19H25N3O3S/c1-12(2)22-13(3)9-15(14(22)4)10-16-18(24)21(19(25)26-16)11-17(23)20-7-5-6-8-20/h9-10,12H,5-8,11H2,1-4H3/b16-10+. The molecule has 2 aliphatic heterocycles. The molecule has 0 spiro atoms. The summed E-state index contributed by atoms with van der Waals surface area (Å²) in [4.78, 5) is 40.4. The number of carbonyl (C=O) groups is 3. The first-order valence-electron chi connectivity index (χ1n) is 9.01. The summed E-state index contributed by atoms with van der Waals surface area (Å²) in [7, 11) is 0. The molecule has 140 valence electrons. The fourth-order valence-electron chi connectivity index (χ4n) is 3.72. The summed E-state index contributed by atoms with van der Waals surface area (Å²) in [5.41, 5.74) is 3.12. The summed E-state index contributed by atoms with van der Waals surface area (Å²) in [5.74, 6) is -0.522. The van der Waals surface area contributed by atoms with Gasteiger partial charge in [-0.2, -0.15) is 0 Å². The SMILES string of the molecule is Cc1cc(/C=C2/SC(=O)N(CC(=O)N3CCCC3)C2=O)c(C)n1C(C)C. The average Bonchev–Trinajstić information content (AvgIpc) is 3.25. The van der Waals surface area contributed by atoms with E-state index in [1.54, 1.807) is 11.0 Å². The van der Waals surface area contributed by atoms with Gasteiger partial charge >= 0.3 is 0 Å². The van der Waals surface area contributed by atoms with E-state index in [0.29, 0.717) is 24.0 Å². The van der Waals surface area contributed by atoms with E-state index in [-0.39, 0.29) is 23.6 Å². The molecular weight excluding hydrogens is 350 g/mol. The zero-order valence-electron chi connectivity index (χ0n) is 15.7. The minimum Gasteiger partial charge on any atom is -0.346 e. The van der Waals surface area contributed by atoms with Crippen molar-refractivity contribution in [2.75, 3.05) is 19.6 Å². The molecule has 0 atom stereocenters. The quantitative estimate of drug-likeness (QED) is 0.757. The van der Waals surface area contributed by atoms with Gasteiger partial charge in [-0.15, -0.1) is 0 Å². The Morgan fingerprint density at radius 1 is 1.23 bits per heavy atom. The Morgan fingerprint density at radius 3 is 2.46 bits per heavy atom. The van der Waals surface area contributed by atoms with Crippen LogP contribution < -0.4 is 0 Å². The second-order valence-electron chi connectivity index (χ2n) is 7.15. The number of carbonyl (C=O) groups excluding carboxylic acids is 3. The highest BCUT2D eigenvalue weighted by Crippen LogP contribution is 2.33. The highest BCUT2D eigenvalue weighted by Gasteiger charge is 2.37. The van der Waals surface area contributed by atoms with Crippen LogP contribution >= 0.6 is 11.8 Å². The van der Waals surface area contributed by atoms with Crippen LogP contribution in [0.2, 0.25) is 0 Å². The summed E-state index contributed by atoms with van der Waals surface area (Å²) in [6, 6.07) is 2.35. The van der Waals surface area contributed by atoms with Crippen molar-refractivity contribution in [2.45, 2.75) is 46.6 Å². The van der Waals surface area contributed by atoms with Gasteiger partial charge in [0.2, 0.25) is 5.91 Å². The van der Waals surface area contributed by atoms with Crippen LogP contribution in [0.5, 0.6) is 0 Å². The number of thioether (sulfide) groups is 1. The Labute approximate surface area is 158 Å². The van der Waals surface area contributed by atoms with E-state index in [2.05, 4.69) is 18.4 Å². The summed E-state index contributed by atoms with van der Waals surface area (Å²) in [6.07, 6.45) is 3.74. The van der Waals surface area contributed by atoms with Gasteiger partial charge in [0.05, 0.1) is 4.91 Å². The summed E-state index contributed by atoms with van der Waals surface area (Å²) >= 11 is 0.912. The molecule has 3 amide bonds. The molecule has 0 saturated carbocycles. The molecule has 2 aliphatic rings. The largest absolute Gasteiger partial charge is 0.346 e. The molecule has 0 bridgehead atoms. The predicted molar refractivity (Wildman–Crippen MR) is 103 cm³/mol. The van der Waals surface area contributed by atoms with Crippen molar-refractivity contribution in [3.8, 4) is 0 Å². The third kappa shape index (κ3) is 3.45. The molecule has 6 nitrogen and oxygen atoms in total. The summed E-state index contributed by atoms with van der Waals surface area (Å²) in [5, 5.41) is -0.369. The van der Waals surface area contributed by atoms with Crippen molar-refractivity contribution < 1.29 is 14.4 Å². The first-order chi connectivity index (χ1) is 12.3. The van der Waals surface area contributed by atoms with Gasteiger partial charge in [-0.1, -0.05) is 0 Å². The Morgan fingerprint density at radius 2 is 1.88 bits per heavy atom. The lowest BCUT2D eigenvalue weighted by Gasteiger charge is -2.18. The maximum Gasteiger partial charge on any atom is 0.294 e. The lowest BCUT2D eigenvalue weighted by Crippen LogP contribution is -2.40. The molecule has 26 heavy (non-hydrogen) atoms. The van der Waals surface area contributed by atoms with Crippen LogP contribution in [0.4, 0.5) is 4.79 Å². The number of imide groups is 1. The van der Waals surface area contributed by atoms with Crippen molar-refractivity contribution in [2.24, 2.45) is 0 Å². The second kappa shape index (κ2) is 7.31. The van der Waals surface area contributed by atoms with Gasteiger partial charge in [-0.3, -0.25) is 19.3 Å². The summed E-state index contributed by atoms with van der Waals surface area (Å²) < 4.78 is 2.20. The Kier molecular flexibility index (Phi) is 5.27. The Hall–Kier alpha value is -2.02. The fourth-order valence-corrected chi connectivity index (χ4v) is 4.55. The predicted octanol–water partition coefficient (Wildman–Crippen LogP) is 3.34. The summed E-state index contributed by atoms with van der Waals surface area (Å²) in [6.45, 7) is 9.54. The topological polar surface area (TPSA) is 62.6 Å². The maximum atomic E-state index is 12.6. The van der Waals surface area contributed by atoms with Crippen LogP contribution in [0.25, 0.3) is 6.08 Å². The molecule has 0 aliphatic carbocycles. The van der Waals surface area contributed by atoms with Crippen LogP contribution in [-0.2, 0) is 9.59 Å². The number of hydrogen-bond acceptors (Lipinski definition) is 4. The van der Waals surface area contributed by atoms with E-state index < -0.39 is 0 Å². The van der Waals surface area contributed by atoms with Gasteiger partial charge in [0.25, 0.3) is 11.1 Å². The monoisotopic (exact) mass is 375 g/mol. The lowest BCUT2D eigenvalue weighted by molar-refractivity contribution is -0.135. The van der Waals surface area contributed by atoms with Gasteiger partial charge in [-0.05, 0) is 70.0 Å². The smallest absolute Gasteiger partial charge is 0.294 e. The van der Waals surface area contributed by atoms with E-state index in [0.717, 1.165) is 46.5 Å². The number of rotatable bonds is 4. The molecule has 2 fully saturated rings. The molecule has 0 radical (unpaired) electrons. The fraction of sp³-hybridized carbons (Fsp3) is 0.526. The minimum absolute atomic E-state index is 0.149. The van der Waals surface area contributed by atoms with E-state index in [1.807, 2.05) is 19.9 Å². The molecule has 7 heteroatoms. The Balaban J connectivity index is 1.79. The first-order valence-corrected chi connectivity index (χ1v) is 9.82. The normalized spacial score (nSPS) is 19.5. The van der Waals surface area contributed by atoms with E-state index in [4.69, 9.17) is 0 Å². The van der Waals surface area contributed by atoms with Crippen molar-refractivity contribution in [3.05, 3.63) is 27.9 Å².